The summed E-state index contributed by atoms with van der Waals surface area (Å²) in [5.74, 6) is -1.07. The van der Waals surface area contributed by atoms with Crippen LogP contribution >= 0.6 is 0 Å². The van der Waals surface area contributed by atoms with E-state index < -0.39 is 18.1 Å². The summed E-state index contributed by atoms with van der Waals surface area (Å²) in [5, 5.41) is 11.7. The fourth-order valence-corrected chi connectivity index (χ4v) is 2.98. The van der Waals surface area contributed by atoms with Crippen molar-refractivity contribution in [2.24, 2.45) is 5.41 Å². The second-order valence-corrected chi connectivity index (χ2v) is 9.64. The number of carbonyl (C=O) groups excluding carboxylic acids is 1. The quantitative estimate of drug-likeness (QED) is 0.145. The third-order valence-corrected chi connectivity index (χ3v) is 5.01. The normalized spacial score (nSPS) is 12.4. The van der Waals surface area contributed by atoms with E-state index in [1.807, 2.05) is 0 Å². The Bertz CT molecular complexity index is 558. The molecule has 0 aliphatic carbocycles. The predicted octanol–water partition coefficient (Wildman–Crippen LogP) is 2.52. The Morgan fingerprint density at radius 2 is 1.05 bits per heavy atom. The SMILES string of the molecule is COCCOCCOCCOCCOCCOCCOCCOC(=O)N[C@@H](CCCCC(C)(C)C)C(=O)O. The van der Waals surface area contributed by atoms with E-state index in [0.717, 1.165) is 19.3 Å². The summed E-state index contributed by atoms with van der Waals surface area (Å²) in [6.07, 6.45) is 2.23. The van der Waals surface area contributed by atoms with Crippen molar-refractivity contribution in [1.29, 1.82) is 0 Å². The number of carboxylic acids is 1. The fourth-order valence-electron chi connectivity index (χ4n) is 2.98. The van der Waals surface area contributed by atoms with E-state index in [-0.39, 0.29) is 18.6 Å². The van der Waals surface area contributed by atoms with Crippen LogP contribution in [0.3, 0.4) is 0 Å². The van der Waals surface area contributed by atoms with E-state index in [1.54, 1.807) is 7.11 Å². The second-order valence-electron chi connectivity index (χ2n) is 9.64. The van der Waals surface area contributed by atoms with Gasteiger partial charge in [-0.1, -0.05) is 33.6 Å². The molecule has 0 saturated carbocycles. The Balaban J connectivity index is 3.42. The van der Waals surface area contributed by atoms with Crippen molar-refractivity contribution >= 4 is 12.1 Å². The molecule has 0 saturated heterocycles. The Hall–Kier alpha value is -1.54. The van der Waals surface area contributed by atoms with Gasteiger partial charge in [0.05, 0.1) is 85.9 Å². The number of carbonyl (C=O) groups is 2. The molecule has 38 heavy (non-hydrogen) atoms. The second kappa shape index (κ2) is 25.7. The maximum Gasteiger partial charge on any atom is 0.407 e. The van der Waals surface area contributed by atoms with Crippen LogP contribution in [0.1, 0.15) is 46.5 Å². The highest BCUT2D eigenvalue weighted by Gasteiger charge is 2.20. The molecule has 0 spiro atoms. The van der Waals surface area contributed by atoms with Crippen LogP contribution in [0.4, 0.5) is 4.79 Å². The van der Waals surface area contributed by atoms with Gasteiger partial charge in [-0.15, -0.1) is 0 Å². The van der Waals surface area contributed by atoms with Crippen LogP contribution in [0.15, 0.2) is 0 Å². The number of alkyl carbamates (subject to hydrolysis) is 1. The third kappa shape index (κ3) is 27.5. The van der Waals surface area contributed by atoms with Gasteiger partial charge in [0.15, 0.2) is 0 Å². The van der Waals surface area contributed by atoms with Crippen LogP contribution in [0.25, 0.3) is 0 Å². The first-order chi connectivity index (χ1) is 18.3. The summed E-state index contributed by atoms with van der Waals surface area (Å²) in [6.45, 7) is 12.4. The molecule has 0 radical (unpaired) electrons. The Morgan fingerprint density at radius 1 is 0.658 bits per heavy atom. The van der Waals surface area contributed by atoms with Gasteiger partial charge in [0, 0.05) is 7.11 Å². The van der Waals surface area contributed by atoms with Crippen molar-refractivity contribution in [3.05, 3.63) is 0 Å². The minimum Gasteiger partial charge on any atom is -0.480 e. The average Bonchev–Trinajstić information content (AvgIpc) is 2.86. The van der Waals surface area contributed by atoms with Crippen molar-refractivity contribution in [3.8, 4) is 0 Å². The van der Waals surface area contributed by atoms with Gasteiger partial charge in [0.1, 0.15) is 12.6 Å². The molecule has 1 atom stereocenters. The van der Waals surface area contributed by atoms with Gasteiger partial charge in [-0.3, -0.25) is 0 Å². The van der Waals surface area contributed by atoms with Crippen molar-refractivity contribution in [2.45, 2.75) is 52.5 Å². The van der Waals surface area contributed by atoms with Crippen molar-refractivity contribution in [1.82, 2.24) is 5.32 Å². The number of nitrogens with one attached hydrogen (secondary N) is 1. The number of hydrogen-bond donors (Lipinski definition) is 2. The fraction of sp³-hybridized carbons (Fsp3) is 0.923. The van der Waals surface area contributed by atoms with Crippen molar-refractivity contribution in [2.75, 3.05) is 99.6 Å². The van der Waals surface area contributed by atoms with E-state index in [9.17, 15) is 14.7 Å². The molecular formula is C26H51NO11. The van der Waals surface area contributed by atoms with Gasteiger partial charge in [-0.05, 0) is 18.3 Å². The number of ether oxygens (including phenoxy) is 8. The highest BCUT2D eigenvalue weighted by atomic mass is 16.6. The molecule has 0 fully saturated rings. The van der Waals surface area contributed by atoms with Crippen LogP contribution in [0, 0.1) is 5.41 Å². The highest BCUT2D eigenvalue weighted by Crippen LogP contribution is 2.22. The van der Waals surface area contributed by atoms with Crippen LogP contribution in [0.2, 0.25) is 0 Å². The topological polar surface area (TPSA) is 140 Å². The molecule has 2 N–H and O–H groups in total. The molecule has 12 nitrogen and oxygen atoms in total. The molecule has 0 aliphatic rings. The zero-order valence-electron chi connectivity index (χ0n) is 23.8. The Labute approximate surface area is 227 Å². The third-order valence-electron chi connectivity index (χ3n) is 5.01. The van der Waals surface area contributed by atoms with E-state index >= 15 is 0 Å². The lowest BCUT2D eigenvalue weighted by atomic mass is 9.89. The van der Waals surface area contributed by atoms with E-state index in [1.165, 1.54) is 0 Å². The summed E-state index contributed by atoms with van der Waals surface area (Å²) >= 11 is 0. The summed E-state index contributed by atoms with van der Waals surface area (Å²) in [6, 6.07) is -0.957. The Kier molecular flexibility index (Phi) is 24.7. The minimum atomic E-state index is -1.07. The first-order valence-electron chi connectivity index (χ1n) is 13.4. The van der Waals surface area contributed by atoms with Crippen LogP contribution < -0.4 is 5.32 Å². The molecule has 0 heterocycles. The molecule has 0 aliphatic heterocycles. The lowest BCUT2D eigenvalue weighted by molar-refractivity contribution is -0.139. The summed E-state index contributed by atoms with van der Waals surface area (Å²) in [4.78, 5) is 23.2. The summed E-state index contributed by atoms with van der Waals surface area (Å²) < 4.78 is 42.1. The zero-order valence-corrected chi connectivity index (χ0v) is 23.8. The molecule has 0 bridgehead atoms. The lowest BCUT2D eigenvalue weighted by Gasteiger charge is -2.19. The van der Waals surface area contributed by atoms with Gasteiger partial charge in [0.25, 0.3) is 0 Å². The molecule has 12 heteroatoms. The zero-order chi connectivity index (χ0) is 28.3. The molecule has 0 aromatic rings. The van der Waals surface area contributed by atoms with Gasteiger partial charge in [-0.2, -0.15) is 0 Å². The first-order valence-corrected chi connectivity index (χ1v) is 13.4. The maximum atomic E-state index is 11.8. The van der Waals surface area contributed by atoms with Gasteiger partial charge < -0.3 is 48.3 Å². The molecule has 0 aromatic heterocycles. The maximum absolute atomic E-state index is 11.8. The van der Waals surface area contributed by atoms with Crippen LogP contribution in [0.5, 0.6) is 0 Å². The molecule has 0 rings (SSSR count). The largest absolute Gasteiger partial charge is 0.480 e. The Morgan fingerprint density at radius 3 is 1.42 bits per heavy atom. The molecular weight excluding hydrogens is 502 g/mol. The molecule has 0 aromatic carbocycles. The van der Waals surface area contributed by atoms with Gasteiger partial charge >= 0.3 is 12.1 Å². The number of unbranched alkanes of at least 4 members (excludes halogenated alkanes) is 1. The molecule has 0 unspecified atom stereocenters. The van der Waals surface area contributed by atoms with Crippen molar-refractivity contribution in [3.63, 3.8) is 0 Å². The first kappa shape index (κ1) is 36.5. The van der Waals surface area contributed by atoms with Gasteiger partial charge in [0.2, 0.25) is 0 Å². The van der Waals surface area contributed by atoms with E-state index in [4.69, 9.17) is 37.9 Å². The van der Waals surface area contributed by atoms with Crippen molar-refractivity contribution < 1.29 is 52.6 Å². The number of methoxy groups -OCH3 is 1. The van der Waals surface area contributed by atoms with E-state index in [0.29, 0.717) is 85.7 Å². The molecule has 226 valence electrons. The molecule has 1 amide bonds. The summed E-state index contributed by atoms with van der Waals surface area (Å²) in [7, 11) is 1.63. The van der Waals surface area contributed by atoms with Crippen LogP contribution in [-0.2, 0) is 42.7 Å². The number of hydrogen-bond acceptors (Lipinski definition) is 10. The average molecular weight is 554 g/mol. The van der Waals surface area contributed by atoms with E-state index in [2.05, 4.69) is 26.1 Å². The lowest BCUT2D eigenvalue weighted by Crippen LogP contribution is -2.41. The number of aliphatic carboxylic acids is 1. The smallest absolute Gasteiger partial charge is 0.407 e. The number of rotatable bonds is 27. The standard InChI is InChI=1S/C26H51NO11/c1-26(2,3)8-6-5-7-23(24(28)29)27-25(30)38-22-21-37-20-19-36-18-17-35-16-15-34-14-13-33-12-11-32-10-9-31-4/h23H,5-22H2,1-4H3,(H,27,30)(H,28,29)/t23-/m0/s1. The summed E-state index contributed by atoms with van der Waals surface area (Å²) in [5.41, 5.74) is 0.205. The predicted molar refractivity (Wildman–Crippen MR) is 141 cm³/mol. The highest BCUT2D eigenvalue weighted by molar-refractivity contribution is 5.79. The number of carboxylic acid groups (broad SMARTS) is 1. The monoisotopic (exact) mass is 553 g/mol. The van der Waals surface area contributed by atoms with Crippen LogP contribution in [-0.4, -0.2) is 123 Å². The van der Waals surface area contributed by atoms with Gasteiger partial charge in [-0.25, -0.2) is 9.59 Å². The minimum absolute atomic E-state index is 0.0263. The number of amides is 1.